The first-order chi connectivity index (χ1) is 10.6. The van der Waals surface area contributed by atoms with Crippen LogP contribution in [0.5, 0.6) is 0 Å². The Morgan fingerprint density at radius 1 is 1.18 bits per heavy atom. The largest absolute Gasteiger partial charge is 0.369 e. The van der Waals surface area contributed by atoms with Gasteiger partial charge in [0.2, 0.25) is 0 Å². The number of nitrogens with zero attached hydrogens (tertiary/aromatic N) is 2. The van der Waals surface area contributed by atoms with Crippen LogP contribution >= 0.6 is 23.2 Å². The van der Waals surface area contributed by atoms with Crippen molar-refractivity contribution in [2.45, 2.75) is 12.8 Å². The molecule has 0 aliphatic carbocycles. The second kappa shape index (κ2) is 6.46. The molecule has 1 unspecified atom stereocenters. The Bertz CT molecular complexity index is 597. The van der Waals surface area contributed by atoms with Gasteiger partial charge in [-0.25, -0.2) is 0 Å². The molecule has 0 aromatic heterocycles. The minimum Gasteiger partial charge on any atom is -0.369 e. The minimum atomic E-state index is -1.16. The number of rotatable bonds is 3. The van der Waals surface area contributed by atoms with Crippen molar-refractivity contribution in [3.63, 3.8) is 0 Å². The first-order valence-electron chi connectivity index (χ1n) is 7.17. The molecule has 5 nitrogen and oxygen atoms in total. The number of halogens is 2. The molecule has 0 radical (unpaired) electrons. The normalized spacial score (nSPS) is 22.7. The van der Waals surface area contributed by atoms with Crippen LogP contribution < -0.4 is 10.2 Å². The van der Waals surface area contributed by atoms with Crippen molar-refractivity contribution in [2.75, 3.05) is 31.1 Å². The topological polar surface area (TPSA) is 55.8 Å². The number of benzene rings is 1. The Hall–Kier alpha value is -1.27. The molecule has 0 spiro atoms. The van der Waals surface area contributed by atoms with Gasteiger partial charge < -0.3 is 20.2 Å². The number of carbonyl (C=O) groups is 1. The van der Waals surface area contributed by atoms with Crippen LogP contribution in [-0.4, -0.2) is 48.3 Å². The average molecular weight is 342 g/mol. The molecule has 22 heavy (non-hydrogen) atoms. The predicted molar refractivity (Wildman–Crippen MR) is 86.8 cm³/mol. The smallest absolute Gasteiger partial charge is 0.269 e. The van der Waals surface area contributed by atoms with Crippen molar-refractivity contribution >= 4 is 34.8 Å². The van der Waals surface area contributed by atoms with E-state index in [0.29, 0.717) is 0 Å². The van der Waals surface area contributed by atoms with E-state index in [-0.39, 0.29) is 16.6 Å². The van der Waals surface area contributed by atoms with Crippen LogP contribution in [0.15, 0.2) is 34.3 Å². The molecule has 3 rings (SSSR count). The summed E-state index contributed by atoms with van der Waals surface area (Å²) in [6.07, 6.45) is -1.16. The highest BCUT2D eigenvalue weighted by atomic mass is 35.5. The highest BCUT2D eigenvalue weighted by Gasteiger charge is 2.36. The third-order valence-corrected chi connectivity index (χ3v) is 4.80. The Morgan fingerprint density at radius 3 is 2.36 bits per heavy atom. The fourth-order valence-corrected chi connectivity index (χ4v) is 3.08. The number of piperazine rings is 1. The van der Waals surface area contributed by atoms with Crippen molar-refractivity contribution in [3.05, 3.63) is 39.9 Å². The molecule has 2 N–H and O–H groups in total. The molecule has 2 heterocycles. The molecule has 0 bridgehead atoms. The maximum Gasteiger partial charge on any atom is 0.269 e. The molecule has 1 amide bonds. The predicted octanol–water partition coefficient (Wildman–Crippen LogP) is 1.45. The van der Waals surface area contributed by atoms with E-state index in [1.807, 2.05) is 24.3 Å². The number of hydrogen-bond acceptors (Lipinski definition) is 4. The van der Waals surface area contributed by atoms with Crippen molar-refractivity contribution < 1.29 is 9.90 Å². The van der Waals surface area contributed by atoms with E-state index in [2.05, 4.69) is 10.2 Å². The van der Waals surface area contributed by atoms with Crippen LogP contribution in [0.3, 0.4) is 0 Å². The number of anilines is 1. The van der Waals surface area contributed by atoms with E-state index in [1.165, 1.54) is 4.90 Å². The van der Waals surface area contributed by atoms with Gasteiger partial charge in [-0.1, -0.05) is 35.3 Å². The highest BCUT2D eigenvalue weighted by molar-refractivity contribution is 6.49. The van der Waals surface area contributed by atoms with E-state index in [1.54, 1.807) is 0 Å². The van der Waals surface area contributed by atoms with Gasteiger partial charge in [-0.3, -0.25) is 4.79 Å². The molecule has 1 aromatic carbocycles. The zero-order valence-electron chi connectivity index (χ0n) is 11.9. The van der Waals surface area contributed by atoms with Crippen molar-refractivity contribution in [1.29, 1.82) is 0 Å². The molecular formula is C15H17Cl2N3O2. The van der Waals surface area contributed by atoms with Crippen molar-refractivity contribution in [2.24, 2.45) is 0 Å². The third-order valence-electron chi connectivity index (χ3n) is 3.95. The number of carbonyl (C=O) groups excluding carboxylic acids is 1. The summed E-state index contributed by atoms with van der Waals surface area (Å²) in [7, 11) is 0. The van der Waals surface area contributed by atoms with Crippen LogP contribution in [0.1, 0.15) is 5.56 Å². The first-order valence-corrected chi connectivity index (χ1v) is 7.92. The summed E-state index contributed by atoms with van der Waals surface area (Å²) in [5.41, 5.74) is 2.08. The van der Waals surface area contributed by atoms with Crippen LogP contribution in [0.25, 0.3) is 0 Å². The number of aliphatic hydroxyl groups is 1. The lowest BCUT2D eigenvalue weighted by atomic mass is 10.1. The molecule has 1 aromatic rings. The van der Waals surface area contributed by atoms with E-state index in [4.69, 9.17) is 23.2 Å². The number of aliphatic hydroxyl groups excluding tert-OH is 1. The van der Waals surface area contributed by atoms with Crippen molar-refractivity contribution in [3.8, 4) is 0 Å². The van der Waals surface area contributed by atoms with E-state index in [9.17, 15) is 9.90 Å². The van der Waals surface area contributed by atoms with Crippen LogP contribution in [0.4, 0.5) is 5.69 Å². The van der Waals surface area contributed by atoms with Crippen LogP contribution in [0, 0.1) is 0 Å². The summed E-state index contributed by atoms with van der Waals surface area (Å²) in [6, 6.07) is 7.98. The Labute approximate surface area is 139 Å². The molecule has 1 atom stereocenters. The zero-order chi connectivity index (χ0) is 15.7. The summed E-state index contributed by atoms with van der Waals surface area (Å²) in [5, 5.41) is 13.1. The first kappa shape index (κ1) is 15.6. The van der Waals surface area contributed by atoms with E-state index in [0.717, 1.165) is 37.4 Å². The Morgan fingerprint density at radius 2 is 1.82 bits per heavy atom. The quantitative estimate of drug-likeness (QED) is 0.873. The zero-order valence-corrected chi connectivity index (χ0v) is 13.4. The lowest BCUT2D eigenvalue weighted by Gasteiger charge is -2.29. The van der Waals surface area contributed by atoms with Crippen LogP contribution in [-0.2, 0) is 11.3 Å². The van der Waals surface area contributed by atoms with E-state index >= 15 is 0 Å². The summed E-state index contributed by atoms with van der Waals surface area (Å²) >= 11 is 11.6. The van der Waals surface area contributed by atoms with E-state index < -0.39 is 12.1 Å². The average Bonchev–Trinajstić information content (AvgIpc) is 2.74. The molecule has 1 saturated heterocycles. The molecular weight excluding hydrogens is 325 g/mol. The summed E-state index contributed by atoms with van der Waals surface area (Å²) in [4.78, 5) is 15.5. The second-order valence-corrected chi connectivity index (χ2v) is 6.16. The third kappa shape index (κ3) is 2.94. The lowest BCUT2D eigenvalue weighted by molar-refractivity contribution is -0.132. The molecule has 2 aliphatic heterocycles. The van der Waals surface area contributed by atoms with Gasteiger partial charge in [-0.2, -0.15) is 0 Å². The fourth-order valence-electron chi connectivity index (χ4n) is 2.68. The van der Waals surface area contributed by atoms with Gasteiger partial charge in [0.1, 0.15) is 5.03 Å². The second-order valence-electron chi connectivity index (χ2n) is 5.37. The Kier molecular flexibility index (Phi) is 4.59. The van der Waals surface area contributed by atoms with Crippen LogP contribution in [0.2, 0.25) is 0 Å². The molecule has 0 saturated carbocycles. The molecule has 118 valence electrons. The number of hydrogen-bond donors (Lipinski definition) is 2. The minimum absolute atomic E-state index is 0.0101. The van der Waals surface area contributed by atoms with Gasteiger partial charge in [0, 0.05) is 38.4 Å². The standard InChI is InChI=1S/C15H17Cl2N3O2/c16-12-13(17)15(22)20(14(12)21)9-10-1-3-11(4-2-10)19-7-5-18-6-8-19/h1-4,14,18,21H,5-9H2. The monoisotopic (exact) mass is 341 g/mol. The van der Waals surface area contributed by atoms with Gasteiger partial charge in [-0.05, 0) is 17.7 Å². The maximum absolute atomic E-state index is 11.9. The summed E-state index contributed by atoms with van der Waals surface area (Å²) in [6.45, 7) is 4.21. The summed E-state index contributed by atoms with van der Waals surface area (Å²) < 4.78 is 0. The number of amides is 1. The SMILES string of the molecule is O=C1C(Cl)=C(Cl)C(O)N1Cc1ccc(N2CCNCC2)cc1. The number of nitrogens with one attached hydrogen (secondary N) is 1. The highest BCUT2D eigenvalue weighted by Crippen LogP contribution is 2.31. The van der Waals surface area contributed by atoms with Gasteiger partial charge in [0.15, 0.2) is 6.23 Å². The van der Waals surface area contributed by atoms with Gasteiger partial charge in [0.05, 0.1) is 5.03 Å². The van der Waals surface area contributed by atoms with Gasteiger partial charge in [-0.15, -0.1) is 0 Å². The lowest BCUT2D eigenvalue weighted by Crippen LogP contribution is -2.43. The molecule has 2 aliphatic rings. The molecule has 7 heteroatoms. The van der Waals surface area contributed by atoms with Gasteiger partial charge >= 0.3 is 0 Å². The van der Waals surface area contributed by atoms with Crippen molar-refractivity contribution in [1.82, 2.24) is 10.2 Å². The fraction of sp³-hybridized carbons (Fsp3) is 0.400. The maximum atomic E-state index is 11.9. The molecule has 1 fully saturated rings. The van der Waals surface area contributed by atoms with Gasteiger partial charge in [0.25, 0.3) is 5.91 Å². The Balaban J connectivity index is 1.68. The summed E-state index contributed by atoms with van der Waals surface area (Å²) in [5.74, 6) is -0.439.